The molecular weight excluding hydrogens is 305 g/mol. The maximum atomic E-state index is 11.6. The summed E-state index contributed by atoms with van der Waals surface area (Å²) in [7, 11) is 0. The van der Waals surface area contributed by atoms with Crippen LogP contribution in [0.4, 0.5) is 0 Å². The zero-order chi connectivity index (χ0) is 11.1. The smallest absolute Gasteiger partial charge is 0.287 e. The third-order valence-electron chi connectivity index (χ3n) is 2.16. The minimum absolute atomic E-state index is 0.105. The van der Waals surface area contributed by atoms with Crippen molar-refractivity contribution in [2.24, 2.45) is 0 Å². The summed E-state index contributed by atoms with van der Waals surface area (Å²) < 4.78 is 6.27. The van der Waals surface area contributed by atoms with Crippen LogP contribution in [0.15, 0.2) is 16.7 Å². The van der Waals surface area contributed by atoms with Crippen LogP contribution < -0.4 is 5.32 Å². The first-order valence-corrected chi connectivity index (χ1v) is 6.66. The van der Waals surface area contributed by atoms with E-state index in [2.05, 4.69) is 27.9 Å². The van der Waals surface area contributed by atoms with Crippen LogP contribution in [0.25, 0.3) is 0 Å². The van der Waals surface area contributed by atoms with Crippen LogP contribution in [0.2, 0.25) is 0 Å². The summed E-state index contributed by atoms with van der Waals surface area (Å²) in [6.07, 6.45) is 4.96. The number of nitrogens with one attached hydrogen (secondary N) is 1. The van der Waals surface area contributed by atoms with Crippen LogP contribution in [0.3, 0.4) is 0 Å². The molecule has 1 heterocycles. The van der Waals surface area contributed by atoms with Crippen molar-refractivity contribution < 1.29 is 9.21 Å². The zero-order valence-corrected chi connectivity index (χ0v) is 11.0. The standard InChI is InChI=1S/C11H16INO2/c1-9-5-8-15-10(9)11(14)13-7-4-2-3-6-12/h5,8H,2-4,6-7H2,1H3,(H,13,14). The van der Waals surface area contributed by atoms with Crippen molar-refractivity contribution in [1.82, 2.24) is 5.32 Å². The average molecular weight is 321 g/mol. The fourth-order valence-electron chi connectivity index (χ4n) is 1.28. The maximum Gasteiger partial charge on any atom is 0.287 e. The van der Waals surface area contributed by atoms with Gasteiger partial charge in [0.25, 0.3) is 5.91 Å². The molecule has 1 amide bonds. The van der Waals surface area contributed by atoms with E-state index in [-0.39, 0.29) is 5.91 Å². The molecule has 0 atom stereocenters. The van der Waals surface area contributed by atoms with Crippen LogP contribution in [0, 0.1) is 6.92 Å². The third-order valence-corrected chi connectivity index (χ3v) is 2.93. The quantitative estimate of drug-likeness (QED) is 0.497. The van der Waals surface area contributed by atoms with Crippen molar-refractivity contribution in [2.75, 3.05) is 11.0 Å². The van der Waals surface area contributed by atoms with Crippen molar-refractivity contribution in [3.8, 4) is 0 Å². The molecule has 0 fully saturated rings. The Labute approximate surface area is 104 Å². The Hall–Kier alpha value is -0.520. The average Bonchev–Trinajstić information content (AvgIpc) is 2.64. The van der Waals surface area contributed by atoms with E-state index in [0.29, 0.717) is 5.76 Å². The van der Waals surface area contributed by atoms with Gasteiger partial charge in [-0.25, -0.2) is 0 Å². The summed E-state index contributed by atoms with van der Waals surface area (Å²) in [6.45, 7) is 2.60. The van der Waals surface area contributed by atoms with E-state index in [1.165, 1.54) is 17.3 Å². The van der Waals surface area contributed by atoms with Crippen LogP contribution >= 0.6 is 22.6 Å². The molecule has 15 heavy (non-hydrogen) atoms. The van der Waals surface area contributed by atoms with E-state index in [1.54, 1.807) is 12.3 Å². The van der Waals surface area contributed by atoms with Crippen molar-refractivity contribution in [3.63, 3.8) is 0 Å². The number of carbonyl (C=O) groups excluding carboxylic acids is 1. The van der Waals surface area contributed by atoms with Gasteiger partial charge >= 0.3 is 0 Å². The minimum atomic E-state index is -0.105. The Morgan fingerprint density at radius 2 is 2.27 bits per heavy atom. The molecule has 0 aliphatic carbocycles. The Kier molecular flexibility index (Phi) is 5.75. The number of rotatable bonds is 6. The van der Waals surface area contributed by atoms with Gasteiger partial charge in [0.1, 0.15) is 0 Å². The van der Waals surface area contributed by atoms with E-state index in [9.17, 15) is 4.79 Å². The zero-order valence-electron chi connectivity index (χ0n) is 8.88. The first-order chi connectivity index (χ1) is 7.25. The summed E-state index contributed by atoms with van der Waals surface area (Å²) in [5, 5.41) is 2.85. The number of carbonyl (C=O) groups is 1. The van der Waals surface area contributed by atoms with Gasteiger partial charge in [0.05, 0.1) is 6.26 Å². The van der Waals surface area contributed by atoms with E-state index in [0.717, 1.165) is 18.5 Å². The van der Waals surface area contributed by atoms with Crippen molar-refractivity contribution in [3.05, 3.63) is 23.7 Å². The number of halogens is 1. The van der Waals surface area contributed by atoms with E-state index >= 15 is 0 Å². The molecule has 0 aromatic carbocycles. The van der Waals surface area contributed by atoms with Gasteiger partial charge in [-0.05, 0) is 30.3 Å². The Morgan fingerprint density at radius 1 is 1.47 bits per heavy atom. The highest BCUT2D eigenvalue weighted by atomic mass is 127. The van der Waals surface area contributed by atoms with Crippen LogP contribution in [0.5, 0.6) is 0 Å². The topological polar surface area (TPSA) is 42.2 Å². The van der Waals surface area contributed by atoms with Crippen LogP contribution in [-0.4, -0.2) is 16.9 Å². The summed E-state index contributed by atoms with van der Waals surface area (Å²) in [6, 6.07) is 1.80. The predicted molar refractivity (Wildman–Crippen MR) is 68.5 cm³/mol. The minimum Gasteiger partial charge on any atom is -0.459 e. The fourth-order valence-corrected chi connectivity index (χ4v) is 1.82. The van der Waals surface area contributed by atoms with Crippen molar-refractivity contribution in [1.29, 1.82) is 0 Å². The highest BCUT2D eigenvalue weighted by Gasteiger charge is 2.10. The van der Waals surface area contributed by atoms with Crippen molar-refractivity contribution >= 4 is 28.5 Å². The second-order valence-corrected chi connectivity index (χ2v) is 4.52. The number of amides is 1. The van der Waals surface area contributed by atoms with Gasteiger partial charge in [-0.15, -0.1) is 0 Å². The summed E-state index contributed by atoms with van der Waals surface area (Å²) in [4.78, 5) is 11.6. The third kappa shape index (κ3) is 4.24. The first-order valence-electron chi connectivity index (χ1n) is 5.14. The molecule has 1 N–H and O–H groups in total. The van der Waals surface area contributed by atoms with Gasteiger partial charge in [0.15, 0.2) is 5.76 Å². The monoisotopic (exact) mass is 321 g/mol. The summed E-state index contributed by atoms with van der Waals surface area (Å²) in [5.41, 5.74) is 0.889. The number of alkyl halides is 1. The van der Waals surface area contributed by atoms with E-state index < -0.39 is 0 Å². The molecule has 0 unspecified atom stereocenters. The molecule has 1 aromatic rings. The lowest BCUT2D eigenvalue weighted by Crippen LogP contribution is -2.24. The number of unbranched alkanes of at least 4 members (excludes halogenated alkanes) is 2. The molecule has 3 nitrogen and oxygen atoms in total. The van der Waals surface area contributed by atoms with Gasteiger partial charge in [-0.2, -0.15) is 0 Å². The lowest BCUT2D eigenvalue weighted by atomic mass is 10.2. The molecule has 0 radical (unpaired) electrons. The van der Waals surface area contributed by atoms with Crippen LogP contribution in [-0.2, 0) is 0 Å². The number of aryl methyl sites for hydroxylation is 1. The Bertz CT molecular complexity index is 309. The highest BCUT2D eigenvalue weighted by molar-refractivity contribution is 14.1. The molecular formula is C11H16INO2. The second kappa shape index (κ2) is 6.87. The fraction of sp³-hybridized carbons (Fsp3) is 0.545. The van der Waals surface area contributed by atoms with Crippen LogP contribution in [0.1, 0.15) is 35.4 Å². The lowest BCUT2D eigenvalue weighted by Gasteiger charge is -2.02. The molecule has 0 aliphatic heterocycles. The van der Waals surface area contributed by atoms with E-state index in [1.807, 2.05) is 6.92 Å². The molecule has 0 saturated heterocycles. The summed E-state index contributed by atoms with van der Waals surface area (Å²) >= 11 is 2.36. The van der Waals surface area contributed by atoms with Gasteiger partial charge in [0.2, 0.25) is 0 Å². The van der Waals surface area contributed by atoms with Crippen molar-refractivity contribution in [2.45, 2.75) is 26.2 Å². The van der Waals surface area contributed by atoms with Gasteiger partial charge in [0, 0.05) is 12.1 Å². The Morgan fingerprint density at radius 3 is 2.87 bits per heavy atom. The van der Waals surface area contributed by atoms with Gasteiger partial charge in [-0.1, -0.05) is 29.0 Å². The molecule has 4 heteroatoms. The lowest BCUT2D eigenvalue weighted by molar-refractivity contribution is 0.0924. The summed E-state index contributed by atoms with van der Waals surface area (Å²) in [5.74, 6) is 0.330. The number of hydrogen-bond acceptors (Lipinski definition) is 2. The molecule has 0 spiro atoms. The molecule has 84 valence electrons. The molecule has 0 aliphatic rings. The maximum absolute atomic E-state index is 11.6. The van der Waals surface area contributed by atoms with Gasteiger partial charge < -0.3 is 9.73 Å². The molecule has 1 aromatic heterocycles. The molecule has 0 saturated carbocycles. The van der Waals surface area contributed by atoms with Gasteiger partial charge in [-0.3, -0.25) is 4.79 Å². The second-order valence-electron chi connectivity index (χ2n) is 3.44. The number of furan rings is 1. The highest BCUT2D eigenvalue weighted by Crippen LogP contribution is 2.08. The SMILES string of the molecule is Cc1ccoc1C(=O)NCCCCCI. The first kappa shape index (κ1) is 12.5. The molecule has 0 bridgehead atoms. The Balaban J connectivity index is 2.22. The predicted octanol–water partition coefficient (Wildman–Crippen LogP) is 2.92. The number of hydrogen-bond donors (Lipinski definition) is 1. The van der Waals surface area contributed by atoms with E-state index in [4.69, 9.17) is 4.42 Å². The largest absolute Gasteiger partial charge is 0.459 e. The molecule has 1 rings (SSSR count). The normalized spacial score (nSPS) is 10.3.